The summed E-state index contributed by atoms with van der Waals surface area (Å²) < 4.78 is 0. The van der Waals surface area contributed by atoms with E-state index in [9.17, 15) is 9.59 Å². The lowest BCUT2D eigenvalue weighted by Crippen LogP contribution is -2.53. The summed E-state index contributed by atoms with van der Waals surface area (Å²) in [6, 6.07) is 5.01. The second kappa shape index (κ2) is 7.14. The predicted octanol–water partition coefficient (Wildman–Crippen LogP) is -1.07. The van der Waals surface area contributed by atoms with Crippen LogP contribution in [0.5, 0.6) is 0 Å². The zero-order valence-electron chi connectivity index (χ0n) is 11.9. The molecule has 1 aromatic rings. The van der Waals surface area contributed by atoms with Gasteiger partial charge in [0.05, 0.1) is 18.2 Å². The van der Waals surface area contributed by atoms with Gasteiger partial charge in [-0.1, -0.05) is 6.07 Å². The van der Waals surface area contributed by atoms with E-state index in [1.807, 2.05) is 18.2 Å². The summed E-state index contributed by atoms with van der Waals surface area (Å²) in [5, 5.41) is 0. The molecule has 1 unspecified atom stereocenters. The van der Waals surface area contributed by atoms with Gasteiger partial charge in [0, 0.05) is 38.9 Å². The molecule has 1 aliphatic rings. The maximum absolute atomic E-state index is 12.1. The first-order valence-corrected chi connectivity index (χ1v) is 7.01. The Morgan fingerprint density at radius 2 is 1.95 bits per heavy atom. The van der Waals surface area contributed by atoms with E-state index in [2.05, 4.69) is 9.88 Å². The van der Waals surface area contributed by atoms with E-state index in [0.717, 1.165) is 25.3 Å². The molecule has 0 radical (unpaired) electrons. The van der Waals surface area contributed by atoms with Crippen molar-refractivity contribution in [2.75, 3.05) is 26.2 Å². The van der Waals surface area contributed by atoms with E-state index < -0.39 is 11.9 Å². The van der Waals surface area contributed by atoms with Crippen LogP contribution in [-0.2, 0) is 16.1 Å². The fourth-order valence-electron chi connectivity index (χ4n) is 2.39. The first kappa shape index (κ1) is 15.4. The highest BCUT2D eigenvalue weighted by atomic mass is 16.2. The monoisotopic (exact) mass is 291 g/mol. The van der Waals surface area contributed by atoms with Crippen LogP contribution in [-0.4, -0.2) is 58.8 Å². The molecule has 1 fully saturated rings. The van der Waals surface area contributed by atoms with Crippen molar-refractivity contribution in [1.82, 2.24) is 14.8 Å². The molecule has 0 saturated carbocycles. The lowest BCUT2D eigenvalue weighted by molar-refractivity contribution is -0.136. The maximum atomic E-state index is 12.1. The normalized spacial score (nSPS) is 17.5. The van der Waals surface area contributed by atoms with Gasteiger partial charge in [0.2, 0.25) is 11.8 Å². The Hall–Kier alpha value is -1.99. The van der Waals surface area contributed by atoms with Gasteiger partial charge in [-0.05, 0) is 12.1 Å². The molecule has 0 bridgehead atoms. The number of amides is 2. The molecule has 2 heterocycles. The molecule has 4 N–H and O–H groups in total. The highest BCUT2D eigenvalue weighted by Crippen LogP contribution is 2.08. The number of nitrogens with two attached hydrogens (primary N) is 2. The summed E-state index contributed by atoms with van der Waals surface area (Å²) in [7, 11) is 0. The topological polar surface area (TPSA) is 106 Å². The molecule has 2 amide bonds. The van der Waals surface area contributed by atoms with Crippen LogP contribution in [0.2, 0.25) is 0 Å². The maximum Gasteiger partial charge on any atom is 0.240 e. The van der Waals surface area contributed by atoms with Gasteiger partial charge in [-0.15, -0.1) is 0 Å². The smallest absolute Gasteiger partial charge is 0.240 e. The number of aromatic nitrogens is 1. The highest BCUT2D eigenvalue weighted by molar-refractivity contribution is 5.87. The quantitative estimate of drug-likeness (QED) is 0.718. The summed E-state index contributed by atoms with van der Waals surface area (Å²) >= 11 is 0. The largest absolute Gasteiger partial charge is 0.370 e. The average Bonchev–Trinajstić information content (AvgIpc) is 2.47. The SMILES string of the molecule is NC(=O)CC(N)C(=O)N1CCN(Cc2ccccn2)CC1. The number of hydrogen-bond acceptors (Lipinski definition) is 5. The van der Waals surface area contributed by atoms with Crippen LogP contribution in [0.4, 0.5) is 0 Å². The number of piperazine rings is 1. The third-order valence-electron chi connectivity index (χ3n) is 3.53. The summed E-state index contributed by atoms with van der Waals surface area (Å²) in [6.07, 6.45) is 1.67. The van der Waals surface area contributed by atoms with Gasteiger partial charge in [-0.25, -0.2) is 0 Å². The molecule has 0 aliphatic carbocycles. The molecular weight excluding hydrogens is 270 g/mol. The third-order valence-corrected chi connectivity index (χ3v) is 3.53. The molecule has 0 aromatic carbocycles. The lowest BCUT2D eigenvalue weighted by Gasteiger charge is -2.35. The molecule has 1 aliphatic heterocycles. The third kappa shape index (κ3) is 4.51. The highest BCUT2D eigenvalue weighted by Gasteiger charge is 2.26. The second-order valence-electron chi connectivity index (χ2n) is 5.20. The Bertz CT molecular complexity index is 485. The Labute approximate surface area is 123 Å². The van der Waals surface area contributed by atoms with Gasteiger partial charge in [0.1, 0.15) is 0 Å². The molecule has 1 atom stereocenters. The number of rotatable bonds is 5. The van der Waals surface area contributed by atoms with E-state index in [0.29, 0.717) is 13.1 Å². The lowest BCUT2D eigenvalue weighted by atomic mass is 10.1. The Morgan fingerprint density at radius 3 is 2.52 bits per heavy atom. The first-order valence-electron chi connectivity index (χ1n) is 7.01. The Morgan fingerprint density at radius 1 is 1.24 bits per heavy atom. The molecule has 7 nitrogen and oxygen atoms in total. The average molecular weight is 291 g/mol. The molecule has 1 aromatic heterocycles. The number of hydrogen-bond donors (Lipinski definition) is 2. The van der Waals surface area contributed by atoms with Crippen molar-refractivity contribution >= 4 is 11.8 Å². The molecule has 2 rings (SSSR count). The van der Waals surface area contributed by atoms with E-state index in [1.54, 1.807) is 11.1 Å². The standard InChI is InChI=1S/C14H21N5O2/c15-12(9-13(16)20)14(21)19-7-5-18(6-8-19)10-11-3-1-2-4-17-11/h1-4,12H,5-10,15H2,(H2,16,20). The zero-order valence-corrected chi connectivity index (χ0v) is 11.9. The van der Waals surface area contributed by atoms with E-state index in [4.69, 9.17) is 11.5 Å². The number of pyridine rings is 1. The van der Waals surface area contributed by atoms with Gasteiger partial charge < -0.3 is 16.4 Å². The van der Waals surface area contributed by atoms with Crippen LogP contribution in [0.25, 0.3) is 0 Å². The zero-order chi connectivity index (χ0) is 15.2. The van der Waals surface area contributed by atoms with E-state index in [1.165, 1.54) is 0 Å². The fraction of sp³-hybridized carbons (Fsp3) is 0.500. The summed E-state index contributed by atoms with van der Waals surface area (Å²) in [4.78, 5) is 31.1. The number of primary amides is 1. The number of carbonyl (C=O) groups is 2. The fourth-order valence-corrected chi connectivity index (χ4v) is 2.39. The van der Waals surface area contributed by atoms with Crippen LogP contribution < -0.4 is 11.5 Å². The minimum absolute atomic E-state index is 0.104. The van der Waals surface area contributed by atoms with Crippen molar-refractivity contribution in [3.63, 3.8) is 0 Å². The molecule has 7 heteroatoms. The predicted molar refractivity (Wildman–Crippen MR) is 77.9 cm³/mol. The summed E-state index contributed by atoms with van der Waals surface area (Å²) in [6.45, 7) is 3.53. The minimum Gasteiger partial charge on any atom is -0.370 e. The van der Waals surface area contributed by atoms with E-state index >= 15 is 0 Å². The Kier molecular flexibility index (Phi) is 5.24. The molecule has 114 valence electrons. The molecule has 0 spiro atoms. The van der Waals surface area contributed by atoms with Gasteiger partial charge in [-0.2, -0.15) is 0 Å². The van der Waals surface area contributed by atoms with Gasteiger partial charge >= 0.3 is 0 Å². The number of carbonyl (C=O) groups excluding carboxylic acids is 2. The van der Waals surface area contributed by atoms with Crippen molar-refractivity contribution in [3.05, 3.63) is 30.1 Å². The van der Waals surface area contributed by atoms with E-state index in [-0.39, 0.29) is 12.3 Å². The second-order valence-corrected chi connectivity index (χ2v) is 5.20. The van der Waals surface area contributed by atoms with Crippen LogP contribution in [0.1, 0.15) is 12.1 Å². The summed E-state index contributed by atoms with van der Waals surface area (Å²) in [5.41, 5.74) is 11.8. The van der Waals surface area contributed by atoms with Crippen molar-refractivity contribution in [2.24, 2.45) is 11.5 Å². The van der Waals surface area contributed by atoms with Crippen molar-refractivity contribution < 1.29 is 9.59 Å². The van der Waals surface area contributed by atoms with Gasteiger partial charge in [-0.3, -0.25) is 19.5 Å². The van der Waals surface area contributed by atoms with Gasteiger partial charge in [0.15, 0.2) is 0 Å². The molecule has 1 saturated heterocycles. The Balaban J connectivity index is 1.80. The van der Waals surface area contributed by atoms with Crippen LogP contribution in [0.3, 0.4) is 0 Å². The van der Waals surface area contributed by atoms with Crippen LogP contribution in [0, 0.1) is 0 Å². The van der Waals surface area contributed by atoms with Crippen molar-refractivity contribution in [1.29, 1.82) is 0 Å². The van der Waals surface area contributed by atoms with Crippen molar-refractivity contribution in [3.8, 4) is 0 Å². The van der Waals surface area contributed by atoms with Gasteiger partial charge in [0.25, 0.3) is 0 Å². The number of nitrogens with zero attached hydrogens (tertiary/aromatic N) is 3. The first-order chi connectivity index (χ1) is 10.1. The van der Waals surface area contributed by atoms with Crippen LogP contribution >= 0.6 is 0 Å². The van der Waals surface area contributed by atoms with Crippen LogP contribution in [0.15, 0.2) is 24.4 Å². The van der Waals surface area contributed by atoms with Crippen molar-refractivity contribution in [2.45, 2.75) is 19.0 Å². The molecular formula is C14H21N5O2. The summed E-state index contributed by atoms with van der Waals surface area (Å²) in [5.74, 6) is -0.754. The molecule has 21 heavy (non-hydrogen) atoms. The minimum atomic E-state index is -0.829.